The van der Waals surface area contributed by atoms with Crippen molar-refractivity contribution in [1.29, 1.82) is 0 Å². The zero-order valence-electron chi connectivity index (χ0n) is 14.3. The molecule has 1 unspecified atom stereocenters. The van der Waals surface area contributed by atoms with Gasteiger partial charge < -0.3 is 9.32 Å². The molecule has 7 heteroatoms. The molecule has 0 spiro atoms. The number of nitrogens with one attached hydrogen (secondary N) is 1. The molecule has 1 amide bonds. The topological polar surface area (TPSA) is 84.2 Å². The van der Waals surface area contributed by atoms with Crippen LogP contribution in [0.2, 0.25) is 0 Å². The van der Waals surface area contributed by atoms with Crippen LogP contribution in [0.25, 0.3) is 0 Å². The van der Waals surface area contributed by atoms with E-state index < -0.39 is 0 Å². The van der Waals surface area contributed by atoms with Gasteiger partial charge in [0.2, 0.25) is 11.8 Å². The van der Waals surface area contributed by atoms with Gasteiger partial charge in [0.1, 0.15) is 5.82 Å². The number of amides is 1. The first-order chi connectivity index (χ1) is 11.4. The summed E-state index contributed by atoms with van der Waals surface area (Å²) >= 11 is 0. The minimum absolute atomic E-state index is 0.0836. The zero-order chi connectivity index (χ0) is 17.2. The highest BCUT2D eigenvalue weighted by Crippen LogP contribution is 2.24. The average Bonchev–Trinajstić information content (AvgIpc) is 3.05. The van der Waals surface area contributed by atoms with Crippen molar-refractivity contribution < 1.29 is 9.21 Å². The maximum absolute atomic E-state index is 12.5. The standard InChI is InChI=1S/C17H23N5O2/c1-17(2,3)15-20-21-16(24-15)19-14(23)12-7-6-10-22(11-12)13-8-4-5-9-18-13/h4-5,8-9,12H,6-7,10-11H2,1-3H3,(H,19,21,23). The molecule has 0 aromatic carbocycles. The SMILES string of the molecule is CC(C)(C)c1nnc(NC(=O)C2CCCN(c3ccccn3)C2)o1. The minimum atomic E-state index is -0.239. The predicted molar refractivity (Wildman–Crippen MR) is 90.8 cm³/mol. The number of aromatic nitrogens is 3. The maximum Gasteiger partial charge on any atom is 0.322 e. The van der Waals surface area contributed by atoms with Crippen molar-refractivity contribution in [3.8, 4) is 0 Å². The number of hydrogen-bond acceptors (Lipinski definition) is 6. The highest BCUT2D eigenvalue weighted by atomic mass is 16.4. The first-order valence-electron chi connectivity index (χ1n) is 8.24. The molecule has 3 rings (SSSR count). The van der Waals surface area contributed by atoms with Gasteiger partial charge in [-0.25, -0.2) is 4.98 Å². The summed E-state index contributed by atoms with van der Waals surface area (Å²) in [6, 6.07) is 5.98. The Morgan fingerprint density at radius 1 is 1.33 bits per heavy atom. The average molecular weight is 329 g/mol. The Labute approximate surface area is 141 Å². The number of nitrogens with zero attached hydrogens (tertiary/aromatic N) is 4. The lowest BCUT2D eigenvalue weighted by molar-refractivity contribution is -0.120. The molecular formula is C17H23N5O2. The van der Waals surface area contributed by atoms with Crippen LogP contribution in [-0.2, 0) is 10.2 Å². The molecule has 1 saturated heterocycles. The first-order valence-corrected chi connectivity index (χ1v) is 8.24. The van der Waals surface area contributed by atoms with Gasteiger partial charge in [-0.15, -0.1) is 5.10 Å². The van der Waals surface area contributed by atoms with Gasteiger partial charge in [-0.05, 0) is 25.0 Å². The molecule has 1 aliphatic heterocycles. The van der Waals surface area contributed by atoms with E-state index in [2.05, 4.69) is 25.4 Å². The molecule has 128 valence electrons. The Morgan fingerprint density at radius 3 is 2.83 bits per heavy atom. The lowest BCUT2D eigenvalue weighted by atomic mass is 9.97. The number of anilines is 2. The second-order valence-corrected chi connectivity index (χ2v) is 7.12. The van der Waals surface area contributed by atoms with Crippen molar-refractivity contribution in [1.82, 2.24) is 15.2 Å². The van der Waals surface area contributed by atoms with E-state index in [-0.39, 0.29) is 23.3 Å². The molecule has 7 nitrogen and oxygen atoms in total. The number of rotatable bonds is 3. The molecule has 0 saturated carbocycles. The second-order valence-electron chi connectivity index (χ2n) is 7.12. The van der Waals surface area contributed by atoms with Crippen LogP contribution in [0.5, 0.6) is 0 Å². The Bertz CT molecular complexity index is 693. The summed E-state index contributed by atoms with van der Waals surface area (Å²) in [4.78, 5) is 19.0. The predicted octanol–water partition coefficient (Wildman–Crippen LogP) is 2.62. The number of carbonyl (C=O) groups is 1. The van der Waals surface area contributed by atoms with E-state index in [0.29, 0.717) is 12.4 Å². The second kappa shape index (κ2) is 6.59. The van der Waals surface area contributed by atoms with Crippen molar-refractivity contribution in [2.24, 2.45) is 5.92 Å². The van der Waals surface area contributed by atoms with Crippen molar-refractivity contribution in [2.75, 3.05) is 23.3 Å². The van der Waals surface area contributed by atoms with E-state index in [4.69, 9.17) is 4.42 Å². The summed E-state index contributed by atoms with van der Waals surface area (Å²) < 4.78 is 5.54. The molecule has 0 aliphatic carbocycles. The van der Waals surface area contributed by atoms with Crippen LogP contribution in [0.4, 0.5) is 11.8 Å². The molecule has 24 heavy (non-hydrogen) atoms. The first kappa shape index (κ1) is 16.4. The molecule has 2 aromatic heterocycles. The lowest BCUT2D eigenvalue weighted by Gasteiger charge is -2.32. The fraction of sp³-hybridized carbons (Fsp3) is 0.529. The molecule has 1 fully saturated rings. The molecule has 1 N–H and O–H groups in total. The number of carbonyl (C=O) groups excluding carboxylic acids is 1. The van der Waals surface area contributed by atoms with E-state index in [1.807, 2.05) is 39.0 Å². The smallest absolute Gasteiger partial charge is 0.322 e. The monoisotopic (exact) mass is 329 g/mol. The van der Waals surface area contributed by atoms with Crippen molar-refractivity contribution in [3.63, 3.8) is 0 Å². The van der Waals surface area contributed by atoms with Gasteiger partial charge in [-0.2, -0.15) is 0 Å². The summed E-state index contributed by atoms with van der Waals surface area (Å²) in [5.74, 6) is 1.21. The maximum atomic E-state index is 12.5. The Morgan fingerprint density at radius 2 is 2.17 bits per heavy atom. The van der Waals surface area contributed by atoms with Crippen LogP contribution in [0.3, 0.4) is 0 Å². The van der Waals surface area contributed by atoms with Gasteiger partial charge in [-0.3, -0.25) is 10.1 Å². The largest absolute Gasteiger partial charge is 0.407 e. The van der Waals surface area contributed by atoms with Crippen molar-refractivity contribution in [2.45, 2.75) is 39.0 Å². The summed E-state index contributed by atoms with van der Waals surface area (Å²) in [5.41, 5.74) is -0.239. The molecule has 2 aromatic rings. The molecular weight excluding hydrogens is 306 g/mol. The fourth-order valence-electron chi connectivity index (χ4n) is 2.72. The van der Waals surface area contributed by atoms with E-state index >= 15 is 0 Å². The lowest BCUT2D eigenvalue weighted by Crippen LogP contribution is -2.41. The summed E-state index contributed by atoms with van der Waals surface area (Å²) in [5, 5.41) is 10.7. The van der Waals surface area contributed by atoms with E-state index in [1.165, 1.54) is 0 Å². The highest BCUT2D eigenvalue weighted by molar-refractivity contribution is 5.91. The summed E-state index contributed by atoms with van der Waals surface area (Å²) in [7, 11) is 0. The van der Waals surface area contributed by atoms with Gasteiger partial charge in [0.25, 0.3) is 0 Å². The van der Waals surface area contributed by atoms with Gasteiger partial charge in [-0.1, -0.05) is 31.9 Å². The van der Waals surface area contributed by atoms with Gasteiger partial charge in [0, 0.05) is 24.7 Å². The van der Waals surface area contributed by atoms with Gasteiger partial charge >= 0.3 is 6.01 Å². The molecule has 0 radical (unpaired) electrons. The normalized spacial score (nSPS) is 18.5. The van der Waals surface area contributed by atoms with Gasteiger partial charge in [0.05, 0.1) is 5.92 Å². The van der Waals surface area contributed by atoms with Crippen LogP contribution in [0.15, 0.2) is 28.8 Å². The van der Waals surface area contributed by atoms with Crippen LogP contribution in [0.1, 0.15) is 39.5 Å². The third-order valence-corrected chi connectivity index (χ3v) is 4.06. The summed E-state index contributed by atoms with van der Waals surface area (Å²) in [6.45, 7) is 7.51. The van der Waals surface area contributed by atoms with Crippen molar-refractivity contribution in [3.05, 3.63) is 30.3 Å². The third-order valence-electron chi connectivity index (χ3n) is 4.06. The number of pyridine rings is 1. The van der Waals surface area contributed by atoms with Crippen LogP contribution in [0, 0.1) is 5.92 Å². The third kappa shape index (κ3) is 3.72. The van der Waals surface area contributed by atoms with E-state index in [9.17, 15) is 4.79 Å². The molecule has 3 heterocycles. The molecule has 1 atom stereocenters. The van der Waals surface area contributed by atoms with Crippen LogP contribution >= 0.6 is 0 Å². The fourth-order valence-corrected chi connectivity index (χ4v) is 2.72. The van der Waals surface area contributed by atoms with E-state index in [1.54, 1.807) is 6.20 Å². The van der Waals surface area contributed by atoms with E-state index in [0.717, 1.165) is 25.2 Å². The highest BCUT2D eigenvalue weighted by Gasteiger charge is 2.28. The Hall–Kier alpha value is -2.44. The Kier molecular flexibility index (Phi) is 4.51. The van der Waals surface area contributed by atoms with Gasteiger partial charge in [0.15, 0.2) is 0 Å². The number of piperidine rings is 1. The molecule has 0 bridgehead atoms. The zero-order valence-corrected chi connectivity index (χ0v) is 14.3. The van der Waals surface area contributed by atoms with Crippen molar-refractivity contribution >= 4 is 17.7 Å². The van der Waals surface area contributed by atoms with Crippen LogP contribution in [-0.4, -0.2) is 34.2 Å². The molecule has 1 aliphatic rings. The minimum Gasteiger partial charge on any atom is -0.407 e. The Balaban J connectivity index is 1.63. The summed E-state index contributed by atoms with van der Waals surface area (Å²) in [6.07, 6.45) is 3.56. The number of hydrogen-bond donors (Lipinski definition) is 1. The van der Waals surface area contributed by atoms with Crippen LogP contribution < -0.4 is 10.2 Å². The quantitative estimate of drug-likeness (QED) is 0.932.